The zero-order chi connectivity index (χ0) is 15.8. The highest BCUT2D eigenvalue weighted by Gasteiger charge is 2.60. The third-order valence-electron chi connectivity index (χ3n) is 3.91. The summed E-state index contributed by atoms with van der Waals surface area (Å²) in [5.41, 5.74) is 0. The van der Waals surface area contributed by atoms with E-state index >= 15 is 0 Å². The number of hydrogen-bond acceptors (Lipinski definition) is 3. The average Bonchev–Trinajstić information content (AvgIpc) is 2.76. The van der Waals surface area contributed by atoms with Gasteiger partial charge in [0.1, 0.15) is 5.82 Å². The van der Waals surface area contributed by atoms with Crippen molar-refractivity contribution in [2.75, 3.05) is 0 Å². The quantitative estimate of drug-likeness (QED) is 0.426. The summed E-state index contributed by atoms with van der Waals surface area (Å²) in [6, 6.07) is 0. The molecule has 0 spiro atoms. The summed E-state index contributed by atoms with van der Waals surface area (Å²) in [6.07, 6.45) is 0. The highest BCUT2D eigenvalue weighted by molar-refractivity contribution is 6.68. The van der Waals surface area contributed by atoms with Gasteiger partial charge in [-0.3, -0.25) is 0 Å². The van der Waals surface area contributed by atoms with Crippen molar-refractivity contribution >= 4 is 78.5 Å². The normalized spacial score (nSPS) is 28.0. The van der Waals surface area contributed by atoms with Gasteiger partial charge < -0.3 is 0 Å². The van der Waals surface area contributed by atoms with Crippen molar-refractivity contribution in [2.45, 2.75) is 26.2 Å². The van der Waals surface area contributed by atoms with Gasteiger partial charge in [0.05, 0.1) is 78.5 Å². The Morgan fingerprint density at radius 1 is 0.700 bits per heavy atom. The molecule has 0 N–H and O–H groups in total. The maximum atomic E-state index is 5.91. The Morgan fingerprint density at radius 3 is 1.70 bits per heavy atom. The molecule has 1 aromatic heterocycles. The van der Waals surface area contributed by atoms with Crippen molar-refractivity contribution in [1.29, 1.82) is 0 Å². The van der Waals surface area contributed by atoms with E-state index in [0.29, 0.717) is 0 Å². The summed E-state index contributed by atoms with van der Waals surface area (Å²) in [5.74, 6) is -0.273. The molecule has 20 radical (unpaired) electrons. The predicted octanol–water partition coefficient (Wildman–Crippen LogP) is -4.52. The molecule has 1 aliphatic heterocycles. The van der Waals surface area contributed by atoms with Gasteiger partial charge >= 0.3 is 0 Å². The van der Waals surface area contributed by atoms with Crippen molar-refractivity contribution in [1.82, 2.24) is 20.2 Å². The van der Waals surface area contributed by atoms with Crippen LogP contribution in [0.1, 0.15) is 5.82 Å². The Bertz CT molecular complexity index is 503. The fourth-order valence-electron chi connectivity index (χ4n) is 2.07. The minimum Gasteiger partial charge on any atom is -0.243 e. The van der Waals surface area contributed by atoms with Gasteiger partial charge in [-0.2, -0.15) is 0 Å². The Morgan fingerprint density at radius 2 is 1.20 bits per heavy atom. The third kappa shape index (κ3) is 1.49. The van der Waals surface area contributed by atoms with Crippen LogP contribution in [0.4, 0.5) is 0 Å². The lowest BCUT2D eigenvalue weighted by Crippen LogP contribution is -2.58. The number of hydrogen-bond donors (Lipinski definition) is 0. The monoisotopic (exact) mass is 238 g/mol. The van der Waals surface area contributed by atoms with Crippen molar-refractivity contribution < 1.29 is 0 Å². The number of rotatable bonds is 0. The Hall–Kier alpha value is -0.281. The zero-order valence-corrected chi connectivity index (χ0v) is 10.6. The van der Waals surface area contributed by atoms with Crippen molar-refractivity contribution in [3.63, 3.8) is 0 Å². The largest absolute Gasteiger partial charge is 0.243 e. The molecule has 20 heavy (non-hydrogen) atoms. The lowest BCUT2D eigenvalue weighted by atomic mass is 9.08. The van der Waals surface area contributed by atoms with Gasteiger partial charge in [-0.05, 0) is 15.8 Å². The summed E-state index contributed by atoms with van der Waals surface area (Å²) in [4.78, 5) is 0. The Kier molecular flexibility index (Phi) is 3.16. The standard InChI is InChI=1S/C6B10N4/c7-2(8)1-17-18-19-20(1)6(15,16)5(13,14)4(11,12)3(2,9)10. The van der Waals surface area contributed by atoms with E-state index in [1.165, 1.54) is 0 Å². The van der Waals surface area contributed by atoms with Gasteiger partial charge in [-0.15, -0.1) is 20.7 Å². The molecule has 2 rings (SSSR count). The number of tetrazole rings is 1. The maximum absolute atomic E-state index is 5.91. The van der Waals surface area contributed by atoms with E-state index in [9.17, 15) is 0 Å². The van der Waals surface area contributed by atoms with E-state index in [1.807, 2.05) is 0 Å². The van der Waals surface area contributed by atoms with Gasteiger partial charge in [0.15, 0.2) is 0 Å². The summed E-state index contributed by atoms with van der Waals surface area (Å²) >= 11 is 0. The molecule has 0 aliphatic carbocycles. The Balaban J connectivity index is 2.92. The summed E-state index contributed by atoms with van der Waals surface area (Å²) in [6.45, 7) is 0. The van der Waals surface area contributed by atoms with Crippen LogP contribution in [-0.2, 0) is 10.6 Å². The first-order valence-corrected chi connectivity index (χ1v) is 5.41. The second-order valence-electron chi connectivity index (χ2n) is 5.22. The number of fused-ring (bicyclic) bond motifs is 1. The van der Waals surface area contributed by atoms with Gasteiger partial charge in [-0.1, -0.05) is 5.21 Å². The zero-order valence-electron chi connectivity index (χ0n) is 10.6. The minimum atomic E-state index is -2.30. The maximum Gasteiger partial charge on any atom is 0.138 e. The third-order valence-corrected chi connectivity index (χ3v) is 3.91. The van der Waals surface area contributed by atoms with Crippen LogP contribution < -0.4 is 0 Å². The van der Waals surface area contributed by atoms with Crippen molar-refractivity contribution in [3.05, 3.63) is 5.82 Å². The lowest BCUT2D eigenvalue weighted by molar-refractivity contribution is 0.420. The molecule has 0 aromatic carbocycles. The van der Waals surface area contributed by atoms with E-state index in [0.717, 1.165) is 4.68 Å². The first kappa shape index (κ1) is 16.1. The van der Waals surface area contributed by atoms with E-state index in [4.69, 9.17) is 78.5 Å². The summed E-state index contributed by atoms with van der Waals surface area (Å²) in [5, 5.41) is -0.595. The fourth-order valence-corrected chi connectivity index (χ4v) is 2.07. The highest BCUT2D eigenvalue weighted by Crippen LogP contribution is 2.67. The molecule has 0 bridgehead atoms. The molecule has 0 fully saturated rings. The topological polar surface area (TPSA) is 43.6 Å². The molecule has 2 heterocycles. The van der Waals surface area contributed by atoms with Crippen LogP contribution in [0.3, 0.4) is 0 Å². The second-order valence-corrected chi connectivity index (χ2v) is 5.22. The SMILES string of the molecule is [B]C1([B])c2nnnn2C([B])([B])C([B])([B])C([B])([B])C1([B])[B]. The van der Waals surface area contributed by atoms with Crippen molar-refractivity contribution in [3.8, 4) is 0 Å². The number of aromatic nitrogens is 4. The molecule has 0 saturated heterocycles. The molecule has 0 saturated carbocycles. The van der Waals surface area contributed by atoms with Crippen LogP contribution in [0.2, 0.25) is 15.6 Å². The fraction of sp³-hybridized carbons (Fsp3) is 0.833. The molecule has 0 atom stereocenters. The molecule has 4 nitrogen and oxygen atoms in total. The van der Waals surface area contributed by atoms with Gasteiger partial charge in [0, 0.05) is 0 Å². The van der Waals surface area contributed by atoms with E-state index in [-0.39, 0.29) is 5.82 Å². The van der Waals surface area contributed by atoms with E-state index in [2.05, 4.69) is 15.5 Å². The van der Waals surface area contributed by atoms with Gasteiger partial charge in [-0.25, -0.2) is 4.68 Å². The lowest BCUT2D eigenvalue weighted by Gasteiger charge is -2.63. The molecular formula is C6B10N4. The van der Waals surface area contributed by atoms with E-state index < -0.39 is 26.2 Å². The van der Waals surface area contributed by atoms with Crippen LogP contribution in [-0.4, -0.2) is 98.7 Å². The minimum absolute atomic E-state index is 0.273. The summed E-state index contributed by atoms with van der Waals surface area (Å²) < 4.78 is 0.795. The average molecular weight is 236 g/mol. The van der Waals surface area contributed by atoms with Crippen LogP contribution in [0.5, 0.6) is 0 Å². The van der Waals surface area contributed by atoms with Crippen LogP contribution in [0.15, 0.2) is 0 Å². The molecule has 14 heteroatoms. The summed E-state index contributed by atoms with van der Waals surface area (Å²) in [7, 11) is 59.0. The Labute approximate surface area is 131 Å². The molecular weight excluding hydrogens is 236 g/mol. The predicted molar refractivity (Wildman–Crippen MR) is 83.1 cm³/mol. The van der Waals surface area contributed by atoms with E-state index in [1.54, 1.807) is 0 Å². The molecule has 0 unspecified atom stereocenters. The first-order chi connectivity index (χ1) is 8.73. The van der Waals surface area contributed by atoms with Crippen LogP contribution in [0.25, 0.3) is 0 Å². The molecule has 74 valence electrons. The molecule has 1 aliphatic rings. The highest BCUT2D eigenvalue weighted by atomic mass is 15.6. The van der Waals surface area contributed by atoms with Crippen LogP contribution >= 0.6 is 0 Å². The van der Waals surface area contributed by atoms with Crippen LogP contribution in [0, 0.1) is 0 Å². The molecule has 0 amide bonds. The van der Waals surface area contributed by atoms with Gasteiger partial charge in [0.2, 0.25) is 0 Å². The number of nitrogens with zero attached hydrogens (tertiary/aromatic N) is 4. The van der Waals surface area contributed by atoms with Crippen molar-refractivity contribution in [2.24, 2.45) is 0 Å². The smallest absolute Gasteiger partial charge is 0.138 e. The van der Waals surface area contributed by atoms with Gasteiger partial charge in [0.25, 0.3) is 0 Å². The first-order valence-electron chi connectivity index (χ1n) is 5.41. The second kappa shape index (κ2) is 3.92. The molecule has 1 aromatic rings.